The minimum atomic E-state index is -0.721. The van der Waals surface area contributed by atoms with Crippen LogP contribution in [0.3, 0.4) is 0 Å². The predicted molar refractivity (Wildman–Crippen MR) is 88.5 cm³/mol. The summed E-state index contributed by atoms with van der Waals surface area (Å²) in [5, 5.41) is 28.8. The second-order valence-electron chi connectivity index (χ2n) is 5.34. The molecule has 0 aromatic heterocycles. The van der Waals surface area contributed by atoms with Gasteiger partial charge in [-0.15, -0.1) is 0 Å². The van der Waals surface area contributed by atoms with Crippen molar-refractivity contribution in [1.29, 1.82) is 0 Å². The fourth-order valence-corrected chi connectivity index (χ4v) is 2.31. The van der Waals surface area contributed by atoms with Crippen LogP contribution in [0.4, 0.5) is 0 Å². The lowest BCUT2D eigenvalue weighted by atomic mass is 10.1. The molecule has 25 heavy (non-hydrogen) atoms. The van der Waals surface area contributed by atoms with Crippen molar-refractivity contribution in [3.63, 3.8) is 0 Å². The highest BCUT2D eigenvalue weighted by atomic mass is 16.5. The zero-order valence-electron chi connectivity index (χ0n) is 13.7. The number of aromatic hydroxyl groups is 3. The van der Waals surface area contributed by atoms with Gasteiger partial charge in [-0.1, -0.05) is 6.07 Å². The molecule has 0 atom stereocenters. The number of rotatable bonds is 4. The van der Waals surface area contributed by atoms with E-state index in [1.165, 1.54) is 32.2 Å². The largest absolute Gasteiger partial charge is 0.508 e. The molecule has 0 radical (unpaired) electrons. The van der Waals surface area contributed by atoms with Gasteiger partial charge < -0.3 is 20.1 Å². The van der Waals surface area contributed by atoms with Gasteiger partial charge in [0.1, 0.15) is 11.5 Å². The topological polar surface area (TPSA) is 128 Å². The molecule has 0 heterocycles. The molecule has 0 aliphatic heterocycles. The number of nitrogens with one attached hydrogen (secondary N) is 2. The highest BCUT2D eigenvalue weighted by molar-refractivity contribution is 5.99. The maximum absolute atomic E-state index is 12.1. The number of carbonyl (C=O) groups excluding carboxylic acids is 2. The monoisotopic (exact) mass is 346 g/mol. The SMILES string of the molecule is COc1ccc(CC(=O)NNC(=O)c2c(C)cc(O)cc2O)cc1O. The molecule has 0 saturated heterocycles. The van der Waals surface area contributed by atoms with Gasteiger partial charge in [-0.2, -0.15) is 0 Å². The van der Waals surface area contributed by atoms with E-state index < -0.39 is 17.6 Å². The lowest BCUT2D eigenvalue weighted by molar-refractivity contribution is -0.121. The van der Waals surface area contributed by atoms with Crippen molar-refractivity contribution in [2.75, 3.05) is 7.11 Å². The lowest BCUT2D eigenvalue weighted by Gasteiger charge is -2.11. The quantitative estimate of drug-likeness (QED) is 0.528. The average molecular weight is 346 g/mol. The zero-order chi connectivity index (χ0) is 18.6. The van der Waals surface area contributed by atoms with Crippen LogP contribution in [-0.4, -0.2) is 34.2 Å². The second kappa shape index (κ2) is 7.43. The predicted octanol–water partition coefficient (Wildman–Crippen LogP) is 1.12. The number of hydrogen-bond donors (Lipinski definition) is 5. The maximum atomic E-state index is 12.1. The standard InChI is InChI=1S/C17H18N2O6/c1-9-5-11(20)8-13(22)16(9)17(24)19-18-15(23)7-10-3-4-14(25-2)12(21)6-10/h3-6,8,20-22H,7H2,1-2H3,(H,18,23)(H,19,24). The normalized spacial score (nSPS) is 10.2. The summed E-state index contributed by atoms with van der Waals surface area (Å²) in [7, 11) is 1.41. The summed E-state index contributed by atoms with van der Waals surface area (Å²) in [6.45, 7) is 1.54. The molecule has 2 aromatic rings. The number of benzene rings is 2. The molecule has 0 saturated carbocycles. The van der Waals surface area contributed by atoms with E-state index in [1.807, 2.05) is 0 Å². The van der Waals surface area contributed by atoms with Gasteiger partial charge in [-0.05, 0) is 36.2 Å². The van der Waals surface area contributed by atoms with Gasteiger partial charge in [-0.3, -0.25) is 20.4 Å². The zero-order valence-corrected chi connectivity index (χ0v) is 13.7. The molecular weight excluding hydrogens is 328 g/mol. The first kappa shape index (κ1) is 17.9. The molecule has 0 bridgehead atoms. The molecule has 5 N–H and O–H groups in total. The number of ether oxygens (including phenoxy) is 1. The number of phenolic OH excluding ortho intramolecular Hbond substituents is 3. The van der Waals surface area contributed by atoms with Gasteiger partial charge in [0.15, 0.2) is 11.5 Å². The van der Waals surface area contributed by atoms with Gasteiger partial charge in [-0.25, -0.2) is 0 Å². The van der Waals surface area contributed by atoms with Crippen LogP contribution in [0.15, 0.2) is 30.3 Å². The second-order valence-corrected chi connectivity index (χ2v) is 5.34. The summed E-state index contributed by atoms with van der Waals surface area (Å²) in [5.41, 5.74) is 5.23. The fourth-order valence-electron chi connectivity index (χ4n) is 2.31. The molecule has 0 spiro atoms. The highest BCUT2D eigenvalue weighted by Crippen LogP contribution is 2.27. The van der Waals surface area contributed by atoms with Gasteiger partial charge in [0, 0.05) is 6.07 Å². The Bertz CT molecular complexity index is 796. The van der Waals surface area contributed by atoms with E-state index >= 15 is 0 Å². The van der Waals surface area contributed by atoms with Crippen molar-refractivity contribution in [2.24, 2.45) is 0 Å². The molecule has 132 valence electrons. The maximum Gasteiger partial charge on any atom is 0.273 e. The lowest BCUT2D eigenvalue weighted by Crippen LogP contribution is -2.42. The molecule has 2 aromatic carbocycles. The number of carbonyl (C=O) groups is 2. The first-order valence-electron chi connectivity index (χ1n) is 7.29. The van der Waals surface area contributed by atoms with Crippen LogP contribution in [0.2, 0.25) is 0 Å². The molecule has 2 rings (SSSR count). The van der Waals surface area contributed by atoms with E-state index in [0.29, 0.717) is 11.1 Å². The van der Waals surface area contributed by atoms with E-state index in [9.17, 15) is 24.9 Å². The molecular formula is C17H18N2O6. The first-order valence-corrected chi connectivity index (χ1v) is 7.29. The van der Waals surface area contributed by atoms with E-state index in [0.717, 1.165) is 6.07 Å². The van der Waals surface area contributed by atoms with Crippen molar-refractivity contribution < 1.29 is 29.6 Å². The van der Waals surface area contributed by atoms with Crippen molar-refractivity contribution in [3.8, 4) is 23.0 Å². The summed E-state index contributed by atoms with van der Waals surface area (Å²) in [6, 6.07) is 6.86. The van der Waals surface area contributed by atoms with Crippen LogP contribution < -0.4 is 15.6 Å². The molecule has 8 nitrogen and oxygen atoms in total. The summed E-state index contributed by atoms with van der Waals surface area (Å²) >= 11 is 0. The van der Waals surface area contributed by atoms with E-state index in [4.69, 9.17) is 4.74 Å². The van der Waals surface area contributed by atoms with E-state index in [1.54, 1.807) is 6.07 Å². The van der Waals surface area contributed by atoms with Crippen LogP contribution >= 0.6 is 0 Å². The van der Waals surface area contributed by atoms with Crippen molar-refractivity contribution >= 4 is 11.8 Å². The average Bonchev–Trinajstić information content (AvgIpc) is 2.52. The number of methoxy groups -OCH3 is 1. The third-order valence-corrected chi connectivity index (χ3v) is 3.45. The summed E-state index contributed by atoms with van der Waals surface area (Å²) in [4.78, 5) is 24.0. The molecule has 2 amide bonds. The van der Waals surface area contributed by atoms with Gasteiger partial charge >= 0.3 is 0 Å². The minimum absolute atomic E-state index is 0.0554. The Labute approximate surface area is 143 Å². The Morgan fingerprint density at radius 2 is 1.76 bits per heavy atom. The van der Waals surface area contributed by atoms with Crippen molar-refractivity contribution in [1.82, 2.24) is 10.9 Å². The minimum Gasteiger partial charge on any atom is -0.508 e. The fraction of sp³-hybridized carbons (Fsp3) is 0.176. The summed E-state index contributed by atoms with van der Waals surface area (Å²) < 4.78 is 4.91. The third kappa shape index (κ3) is 4.31. The van der Waals surface area contributed by atoms with Crippen molar-refractivity contribution in [2.45, 2.75) is 13.3 Å². The van der Waals surface area contributed by atoms with Crippen LogP contribution in [0.25, 0.3) is 0 Å². The molecule has 8 heteroatoms. The third-order valence-electron chi connectivity index (χ3n) is 3.45. The van der Waals surface area contributed by atoms with Crippen LogP contribution in [0.5, 0.6) is 23.0 Å². The van der Waals surface area contributed by atoms with E-state index in [-0.39, 0.29) is 29.2 Å². The van der Waals surface area contributed by atoms with Crippen LogP contribution in [0.1, 0.15) is 21.5 Å². The van der Waals surface area contributed by atoms with Crippen LogP contribution in [0, 0.1) is 6.92 Å². The molecule has 0 aliphatic rings. The Hall–Kier alpha value is -3.42. The summed E-state index contributed by atoms with van der Waals surface area (Å²) in [5.74, 6) is -1.62. The smallest absolute Gasteiger partial charge is 0.273 e. The number of aryl methyl sites for hydroxylation is 1. The van der Waals surface area contributed by atoms with Gasteiger partial charge in [0.05, 0.1) is 19.1 Å². The van der Waals surface area contributed by atoms with Crippen molar-refractivity contribution in [3.05, 3.63) is 47.0 Å². The first-order chi connectivity index (χ1) is 11.8. The van der Waals surface area contributed by atoms with Gasteiger partial charge in [0.2, 0.25) is 5.91 Å². The number of hydrazine groups is 1. The number of amides is 2. The number of hydrogen-bond acceptors (Lipinski definition) is 6. The molecule has 0 fully saturated rings. The van der Waals surface area contributed by atoms with E-state index in [2.05, 4.69) is 10.9 Å². The molecule has 0 unspecified atom stereocenters. The summed E-state index contributed by atoms with van der Waals surface area (Å²) in [6.07, 6.45) is -0.0849. The Morgan fingerprint density at radius 1 is 1.04 bits per heavy atom. The Balaban J connectivity index is 1.98. The van der Waals surface area contributed by atoms with Gasteiger partial charge in [0.25, 0.3) is 5.91 Å². The Kier molecular flexibility index (Phi) is 5.33. The van der Waals surface area contributed by atoms with Crippen LogP contribution in [-0.2, 0) is 11.2 Å². The molecule has 0 aliphatic carbocycles. The highest BCUT2D eigenvalue weighted by Gasteiger charge is 2.16. The Morgan fingerprint density at radius 3 is 2.36 bits per heavy atom. The number of phenols is 3.